The van der Waals surface area contributed by atoms with Crippen molar-refractivity contribution < 1.29 is 4.42 Å². The number of benzene rings is 7. The van der Waals surface area contributed by atoms with Gasteiger partial charge >= 0.3 is 0 Å². The standard InChI is InChI=1S/C48H39NO/c1-28-20-29(2)22-33(21-28)49(44-16-11-15-36-35-14-9-10-17-45(35)50-46(36)44)32-18-19-34-38-26-43-39(27-42(38)48(5,6)41(34)25-32)37-23-30-12-7-8-13-31(30)24-40(37)47(43,3)4/h7-27H,1-6H3. The number of furan rings is 1. The van der Waals surface area contributed by atoms with Crippen molar-refractivity contribution in [2.75, 3.05) is 4.90 Å². The molecule has 0 bridgehead atoms. The summed E-state index contributed by atoms with van der Waals surface area (Å²) in [5.41, 5.74) is 18.4. The molecule has 0 radical (unpaired) electrons. The van der Waals surface area contributed by atoms with Gasteiger partial charge in [-0.05, 0) is 141 Å². The summed E-state index contributed by atoms with van der Waals surface area (Å²) in [7, 11) is 0. The topological polar surface area (TPSA) is 16.4 Å². The maximum atomic E-state index is 6.63. The average Bonchev–Trinajstić information content (AvgIpc) is 3.66. The molecule has 2 aliphatic rings. The van der Waals surface area contributed by atoms with Crippen molar-refractivity contribution in [3.8, 4) is 22.3 Å². The van der Waals surface area contributed by atoms with Gasteiger partial charge in [0.25, 0.3) is 0 Å². The molecule has 0 N–H and O–H groups in total. The van der Waals surface area contributed by atoms with Gasteiger partial charge < -0.3 is 9.32 Å². The van der Waals surface area contributed by atoms with Gasteiger partial charge in [-0.2, -0.15) is 0 Å². The second kappa shape index (κ2) is 9.98. The summed E-state index contributed by atoms with van der Waals surface area (Å²) >= 11 is 0. The number of hydrogen-bond acceptors (Lipinski definition) is 2. The molecule has 50 heavy (non-hydrogen) atoms. The number of anilines is 3. The predicted octanol–water partition coefficient (Wildman–Crippen LogP) is 13.4. The molecule has 0 atom stereocenters. The summed E-state index contributed by atoms with van der Waals surface area (Å²) in [4.78, 5) is 2.40. The number of fused-ring (bicyclic) bond motifs is 10. The fourth-order valence-electron chi connectivity index (χ4n) is 9.19. The van der Waals surface area contributed by atoms with E-state index in [4.69, 9.17) is 4.42 Å². The molecule has 8 aromatic rings. The van der Waals surface area contributed by atoms with Crippen molar-refractivity contribution in [3.05, 3.63) is 161 Å². The fourth-order valence-corrected chi connectivity index (χ4v) is 9.19. The molecule has 0 aliphatic heterocycles. The molecule has 0 saturated heterocycles. The van der Waals surface area contributed by atoms with Crippen LogP contribution in [0.4, 0.5) is 17.1 Å². The highest BCUT2D eigenvalue weighted by molar-refractivity contribution is 6.10. The summed E-state index contributed by atoms with van der Waals surface area (Å²) in [5.74, 6) is 0. The maximum Gasteiger partial charge on any atom is 0.159 e. The Balaban J connectivity index is 1.17. The lowest BCUT2D eigenvalue weighted by Crippen LogP contribution is -2.17. The van der Waals surface area contributed by atoms with E-state index < -0.39 is 0 Å². The van der Waals surface area contributed by atoms with E-state index in [0.29, 0.717) is 0 Å². The zero-order valence-electron chi connectivity index (χ0n) is 29.5. The van der Waals surface area contributed by atoms with Crippen molar-refractivity contribution in [3.63, 3.8) is 0 Å². The van der Waals surface area contributed by atoms with E-state index in [1.54, 1.807) is 0 Å². The lowest BCUT2D eigenvalue weighted by atomic mass is 9.79. The molecule has 0 spiro atoms. The van der Waals surface area contributed by atoms with E-state index in [9.17, 15) is 0 Å². The molecule has 242 valence electrons. The van der Waals surface area contributed by atoms with Gasteiger partial charge in [0.1, 0.15) is 5.58 Å². The molecule has 1 aromatic heterocycles. The number of hydrogen-bond donors (Lipinski definition) is 0. The third kappa shape index (κ3) is 3.96. The normalized spacial score (nSPS) is 14.9. The molecular weight excluding hydrogens is 607 g/mol. The summed E-state index contributed by atoms with van der Waals surface area (Å²) in [6, 6.07) is 47.4. The molecule has 10 rings (SSSR count). The first-order valence-corrected chi connectivity index (χ1v) is 17.8. The molecule has 0 unspecified atom stereocenters. The largest absolute Gasteiger partial charge is 0.454 e. The average molecular weight is 646 g/mol. The highest BCUT2D eigenvalue weighted by Gasteiger charge is 2.42. The van der Waals surface area contributed by atoms with Crippen molar-refractivity contribution in [2.24, 2.45) is 0 Å². The Morgan fingerprint density at radius 1 is 0.460 bits per heavy atom. The van der Waals surface area contributed by atoms with Gasteiger partial charge in [-0.15, -0.1) is 0 Å². The monoisotopic (exact) mass is 645 g/mol. The van der Waals surface area contributed by atoms with E-state index in [-0.39, 0.29) is 10.8 Å². The molecule has 7 aromatic carbocycles. The maximum absolute atomic E-state index is 6.63. The Morgan fingerprint density at radius 2 is 1.04 bits per heavy atom. The van der Waals surface area contributed by atoms with E-state index in [0.717, 1.165) is 39.0 Å². The zero-order chi connectivity index (χ0) is 34.1. The molecule has 2 aliphatic carbocycles. The van der Waals surface area contributed by atoms with E-state index in [2.05, 4.69) is 168 Å². The Hall–Kier alpha value is -5.60. The van der Waals surface area contributed by atoms with Crippen molar-refractivity contribution in [2.45, 2.75) is 52.4 Å². The quantitative estimate of drug-likeness (QED) is 0.190. The van der Waals surface area contributed by atoms with Gasteiger partial charge in [-0.3, -0.25) is 0 Å². The zero-order valence-corrected chi connectivity index (χ0v) is 29.5. The molecular formula is C48H39NO. The van der Waals surface area contributed by atoms with Crippen LogP contribution >= 0.6 is 0 Å². The van der Waals surface area contributed by atoms with Gasteiger partial charge in [0.15, 0.2) is 5.58 Å². The van der Waals surface area contributed by atoms with E-state index in [1.807, 2.05) is 6.07 Å². The first kappa shape index (κ1) is 29.3. The summed E-state index contributed by atoms with van der Waals surface area (Å²) < 4.78 is 6.63. The van der Waals surface area contributed by atoms with Gasteiger partial charge in [0.05, 0.1) is 5.69 Å². The molecule has 0 fully saturated rings. The lowest BCUT2D eigenvalue weighted by molar-refractivity contribution is 0.652. The molecule has 0 saturated carbocycles. The van der Waals surface area contributed by atoms with Crippen LogP contribution in [0, 0.1) is 13.8 Å². The minimum Gasteiger partial charge on any atom is -0.454 e. The fraction of sp³-hybridized carbons (Fsp3) is 0.167. The molecule has 0 amide bonds. The minimum atomic E-state index is -0.182. The molecule has 2 nitrogen and oxygen atoms in total. The van der Waals surface area contributed by atoms with Gasteiger partial charge in [-0.25, -0.2) is 0 Å². The molecule has 1 heterocycles. The number of para-hydroxylation sites is 2. The highest BCUT2D eigenvalue weighted by Crippen LogP contribution is 2.57. The Kier molecular flexibility index (Phi) is 5.86. The van der Waals surface area contributed by atoms with Gasteiger partial charge in [-0.1, -0.05) is 94.4 Å². The van der Waals surface area contributed by atoms with Crippen LogP contribution in [-0.2, 0) is 10.8 Å². The van der Waals surface area contributed by atoms with Gasteiger partial charge in [0.2, 0.25) is 0 Å². The summed E-state index contributed by atoms with van der Waals surface area (Å²) in [6.45, 7) is 13.9. The van der Waals surface area contributed by atoms with E-state index >= 15 is 0 Å². The lowest BCUT2D eigenvalue weighted by Gasteiger charge is -2.28. The summed E-state index contributed by atoms with van der Waals surface area (Å²) in [5, 5.41) is 4.88. The second-order valence-corrected chi connectivity index (χ2v) is 15.6. The Bertz CT molecular complexity index is 2720. The Morgan fingerprint density at radius 3 is 1.78 bits per heavy atom. The van der Waals surface area contributed by atoms with Crippen LogP contribution in [-0.4, -0.2) is 0 Å². The smallest absolute Gasteiger partial charge is 0.159 e. The van der Waals surface area contributed by atoms with Crippen LogP contribution in [0.1, 0.15) is 61.1 Å². The molecule has 2 heteroatoms. The van der Waals surface area contributed by atoms with Crippen LogP contribution < -0.4 is 4.90 Å². The van der Waals surface area contributed by atoms with Crippen molar-refractivity contribution >= 4 is 49.8 Å². The van der Waals surface area contributed by atoms with Crippen LogP contribution in [0.25, 0.3) is 55.0 Å². The first-order valence-electron chi connectivity index (χ1n) is 17.8. The third-order valence-corrected chi connectivity index (χ3v) is 11.7. The van der Waals surface area contributed by atoms with Crippen LogP contribution in [0.5, 0.6) is 0 Å². The summed E-state index contributed by atoms with van der Waals surface area (Å²) in [6.07, 6.45) is 0. The second-order valence-electron chi connectivity index (χ2n) is 15.6. The SMILES string of the molecule is Cc1cc(C)cc(N(c2ccc3c(c2)C(C)(C)c2cc4c(cc2-3)C(C)(C)c2cc3ccccc3cc2-4)c2cccc3c2oc2ccccc23)c1. The minimum absolute atomic E-state index is 0.0817. The third-order valence-electron chi connectivity index (χ3n) is 11.7. The highest BCUT2D eigenvalue weighted by atomic mass is 16.3. The predicted molar refractivity (Wildman–Crippen MR) is 211 cm³/mol. The van der Waals surface area contributed by atoms with E-state index in [1.165, 1.54) is 66.4 Å². The Labute approximate surface area is 293 Å². The van der Waals surface area contributed by atoms with Crippen molar-refractivity contribution in [1.82, 2.24) is 0 Å². The van der Waals surface area contributed by atoms with Crippen LogP contribution in [0.2, 0.25) is 0 Å². The number of nitrogens with zero attached hydrogens (tertiary/aromatic N) is 1. The number of aryl methyl sites for hydroxylation is 2. The van der Waals surface area contributed by atoms with Crippen LogP contribution in [0.15, 0.2) is 132 Å². The van der Waals surface area contributed by atoms with Crippen LogP contribution in [0.3, 0.4) is 0 Å². The van der Waals surface area contributed by atoms with Gasteiger partial charge in [0, 0.05) is 33.0 Å². The number of rotatable bonds is 3. The van der Waals surface area contributed by atoms with Crippen molar-refractivity contribution in [1.29, 1.82) is 0 Å². The first-order chi connectivity index (χ1) is 24.1.